The maximum Gasteiger partial charge on any atom is 0.257 e. The van der Waals surface area contributed by atoms with Crippen LogP contribution in [0.4, 0.5) is 0 Å². The number of hydrogen-bond donors (Lipinski definition) is 0. The van der Waals surface area contributed by atoms with Gasteiger partial charge in [0.05, 0.1) is 24.5 Å². The zero-order valence-corrected chi connectivity index (χ0v) is 16.7. The van der Waals surface area contributed by atoms with E-state index < -0.39 is 0 Å². The molecule has 1 aromatic carbocycles. The molecule has 2 aromatic heterocycles. The first-order valence-electron chi connectivity index (χ1n) is 10.4. The van der Waals surface area contributed by atoms with E-state index in [1.54, 1.807) is 17.1 Å². The van der Waals surface area contributed by atoms with Crippen molar-refractivity contribution in [3.8, 4) is 16.9 Å². The molecule has 2 aliphatic rings. The highest BCUT2D eigenvalue weighted by Crippen LogP contribution is 2.29. The van der Waals surface area contributed by atoms with Crippen LogP contribution in [0.1, 0.15) is 23.2 Å². The monoisotopic (exact) mass is 404 g/mol. The van der Waals surface area contributed by atoms with Crippen molar-refractivity contribution in [1.29, 1.82) is 0 Å². The molecule has 30 heavy (non-hydrogen) atoms. The molecule has 2 aliphatic heterocycles. The molecule has 0 spiro atoms. The Morgan fingerprint density at radius 2 is 1.90 bits per heavy atom. The number of aromatic nitrogens is 3. The Hall–Kier alpha value is -3.03. The lowest BCUT2D eigenvalue weighted by atomic mass is 9.96. The molecule has 0 radical (unpaired) electrons. The fourth-order valence-electron chi connectivity index (χ4n) is 4.20. The Balaban J connectivity index is 1.47. The zero-order valence-electron chi connectivity index (χ0n) is 16.7. The van der Waals surface area contributed by atoms with Crippen molar-refractivity contribution in [2.75, 3.05) is 26.3 Å². The predicted octanol–water partition coefficient (Wildman–Crippen LogP) is 3.16. The molecule has 0 N–H and O–H groups in total. The summed E-state index contributed by atoms with van der Waals surface area (Å²) in [5.41, 5.74) is 2.96. The highest BCUT2D eigenvalue weighted by Gasteiger charge is 2.34. The van der Waals surface area contributed by atoms with Gasteiger partial charge in [0, 0.05) is 43.2 Å². The number of benzene rings is 1. The van der Waals surface area contributed by atoms with E-state index in [1.165, 1.54) is 0 Å². The van der Waals surface area contributed by atoms with Gasteiger partial charge in [0.15, 0.2) is 6.29 Å². The second kappa shape index (κ2) is 8.38. The molecule has 3 aromatic rings. The number of pyridine rings is 1. The standard InChI is InChI=1S/C23H24N4O3/c28-22(26-11-5-7-18(15-26)23-29-12-13-30-23)20-16-27(19-8-2-1-3-9-19)25-21(20)17-6-4-10-24-14-17/h1-4,6,8-10,14,16,18,23H,5,7,11-13,15H2. The minimum atomic E-state index is -0.203. The number of carbonyl (C=O) groups excluding carboxylic acids is 1. The lowest BCUT2D eigenvalue weighted by molar-refractivity contribution is -0.0969. The van der Waals surface area contributed by atoms with E-state index >= 15 is 0 Å². The number of rotatable bonds is 4. The van der Waals surface area contributed by atoms with Crippen LogP contribution in [0.3, 0.4) is 0 Å². The average Bonchev–Trinajstić information content (AvgIpc) is 3.51. The van der Waals surface area contributed by atoms with Gasteiger partial charge >= 0.3 is 0 Å². The SMILES string of the molecule is O=C(c1cn(-c2ccccc2)nc1-c1cccnc1)N1CCCC(C2OCCO2)C1. The lowest BCUT2D eigenvalue weighted by Gasteiger charge is -2.34. The van der Waals surface area contributed by atoms with Crippen molar-refractivity contribution in [3.05, 3.63) is 66.6 Å². The number of para-hydroxylation sites is 1. The summed E-state index contributed by atoms with van der Waals surface area (Å²) in [6, 6.07) is 13.6. The Labute approximate surface area is 175 Å². The fourth-order valence-corrected chi connectivity index (χ4v) is 4.20. The van der Waals surface area contributed by atoms with Gasteiger partial charge in [-0.2, -0.15) is 5.10 Å². The molecule has 5 rings (SSSR count). The number of carbonyl (C=O) groups is 1. The van der Waals surface area contributed by atoms with Gasteiger partial charge in [0.25, 0.3) is 5.91 Å². The number of hydrogen-bond acceptors (Lipinski definition) is 5. The van der Waals surface area contributed by atoms with Gasteiger partial charge in [-0.1, -0.05) is 18.2 Å². The molecule has 4 heterocycles. The fraction of sp³-hybridized carbons (Fsp3) is 0.348. The number of nitrogens with zero attached hydrogens (tertiary/aromatic N) is 4. The topological polar surface area (TPSA) is 69.5 Å². The summed E-state index contributed by atoms with van der Waals surface area (Å²) in [7, 11) is 0. The van der Waals surface area contributed by atoms with Crippen LogP contribution < -0.4 is 0 Å². The first kappa shape index (κ1) is 19.0. The van der Waals surface area contributed by atoms with Crippen LogP contribution in [0.15, 0.2) is 61.1 Å². The van der Waals surface area contributed by atoms with Crippen LogP contribution >= 0.6 is 0 Å². The molecule has 0 bridgehead atoms. The Morgan fingerprint density at radius 1 is 1.07 bits per heavy atom. The minimum Gasteiger partial charge on any atom is -0.350 e. The third kappa shape index (κ3) is 3.74. The van der Waals surface area contributed by atoms with E-state index in [0.29, 0.717) is 31.0 Å². The highest BCUT2D eigenvalue weighted by molar-refractivity contribution is 6.00. The first-order chi connectivity index (χ1) is 14.8. The first-order valence-corrected chi connectivity index (χ1v) is 10.4. The molecular weight excluding hydrogens is 380 g/mol. The predicted molar refractivity (Wildman–Crippen MR) is 111 cm³/mol. The molecule has 1 amide bonds. The van der Waals surface area contributed by atoms with Crippen molar-refractivity contribution in [3.63, 3.8) is 0 Å². The second-order valence-corrected chi connectivity index (χ2v) is 7.68. The second-order valence-electron chi connectivity index (χ2n) is 7.68. The summed E-state index contributed by atoms with van der Waals surface area (Å²) in [6.45, 7) is 2.62. The molecule has 7 heteroatoms. The van der Waals surface area contributed by atoms with Crippen LogP contribution in [-0.2, 0) is 9.47 Å². The summed E-state index contributed by atoms with van der Waals surface area (Å²) < 4.78 is 13.2. The number of amides is 1. The van der Waals surface area contributed by atoms with Gasteiger partial charge < -0.3 is 14.4 Å². The molecule has 1 unspecified atom stereocenters. The summed E-state index contributed by atoms with van der Waals surface area (Å²) in [4.78, 5) is 19.7. The quantitative estimate of drug-likeness (QED) is 0.668. The van der Waals surface area contributed by atoms with E-state index in [0.717, 1.165) is 30.6 Å². The average molecular weight is 404 g/mol. The summed E-state index contributed by atoms with van der Waals surface area (Å²) in [5, 5.41) is 4.74. The van der Waals surface area contributed by atoms with Crippen molar-refractivity contribution < 1.29 is 14.3 Å². The van der Waals surface area contributed by atoms with Crippen LogP contribution in [0.25, 0.3) is 16.9 Å². The van der Waals surface area contributed by atoms with Crippen LogP contribution in [0.2, 0.25) is 0 Å². The van der Waals surface area contributed by atoms with E-state index in [9.17, 15) is 4.79 Å². The van der Waals surface area contributed by atoms with Crippen LogP contribution in [-0.4, -0.2) is 58.2 Å². The highest BCUT2D eigenvalue weighted by atomic mass is 16.7. The van der Waals surface area contributed by atoms with Crippen molar-refractivity contribution in [2.45, 2.75) is 19.1 Å². The van der Waals surface area contributed by atoms with E-state index in [-0.39, 0.29) is 18.1 Å². The molecule has 2 saturated heterocycles. The van der Waals surface area contributed by atoms with Crippen molar-refractivity contribution in [1.82, 2.24) is 19.7 Å². The number of likely N-dealkylation sites (tertiary alicyclic amines) is 1. The third-order valence-corrected chi connectivity index (χ3v) is 5.68. The van der Waals surface area contributed by atoms with Gasteiger partial charge in [-0.05, 0) is 37.1 Å². The maximum atomic E-state index is 13.6. The van der Waals surface area contributed by atoms with Gasteiger partial charge in [-0.15, -0.1) is 0 Å². The molecule has 7 nitrogen and oxygen atoms in total. The smallest absolute Gasteiger partial charge is 0.257 e. The molecular formula is C23H24N4O3. The molecule has 0 aliphatic carbocycles. The summed E-state index contributed by atoms with van der Waals surface area (Å²) >= 11 is 0. The third-order valence-electron chi connectivity index (χ3n) is 5.68. The zero-order chi connectivity index (χ0) is 20.3. The summed E-state index contributed by atoms with van der Waals surface area (Å²) in [6.07, 6.45) is 7.03. The van der Waals surface area contributed by atoms with Crippen LogP contribution in [0.5, 0.6) is 0 Å². The van der Waals surface area contributed by atoms with Crippen molar-refractivity contribution in [2.24, 2.45) is 5.92 Å². The van der Waals surface area contributed by atoms with Gasteiger partial charge in [0.1, 0.15) is 5.69 Å². The largest absolute Gasteiger partial charge is 0.350 e. The summed E-state index contributed by atoms with van der Waals surface area (Å²) in [5.74, 6) is 0.190. The van der Waals surface area contributed by atoms with Crippen LogP contribution in [0, 0.1) is 5.92 Å². The Bertz CT molecular complexity index is 1000. The van der Waals surface area contributed by atoms with Gasteiger partial charge in [-0.25, -0.2) is 4.68 Å². The molecule has 2 fully saturated rings. The molecule has 0 saturated carbocycles. The van der Waals surface area contributed by atoms with Gasteiger partial charge in [-0.3, -0.25) is 9.78 Å². The van der Waals surface area contributed by atoms with Gasteiger partial charge in [0.2, 0.25) is 0 Å². The Morgan fingerprint density at radius 3 is 2.67 bits per heavy atom. The minimum absolute atomic E-state index is 0.0151. The molecule has 154 valence electrons. The normalized spacial score (nSPS) is 19.9. The Kier molecular flexibility index (Phi) is 5.29. The number of ether oxygens (including phenoxy) is 2. The van der Waals surface area contributed by atoms with E-state index in [1.807, 2.05) is 53.6 Å². The van der Waals surface area contributed by atoms with E-state index in [4.69, 9.17) is 14.6 Å². The van der Waals surface area contributed by atoms with Crippen molar-refractivity contribution >= 4 is 5.91 Å². The maximum absolute atomic E-state index is 13.6. The van der Waals surface area contributed by atoms with E-state index in [2.05, 4.69) is 4.98 Å². The lowest BCUT2D eigenvalue weighted by Crippen LogP contribution is -2.43. The molecule has 1 atom stereocenters. The number of piperidine rings is 1.